The summed E-state index contributed by atoms with van der Waals surface area (Å²) in [5.41, 5.74) is 4.29. The Morgan fingerprint density at radius 2 is 2.00 bits per heavy atom. The van der Waals surface area contributed by atoms with Gasteiger partial charge < -0.3 is 9.47 Å². The number of benzene rings is 2. The van der Waals surface area contributed by atoms with Crippen LogP contribution in [0.1, 0.15) is 16.7 Å². The van der Waals surface area contributed by atoms with Crippen LogP contribution in [0.4, 0.5) is 0 Å². The van der Waals surface area contributed by atoms with Crippen molar-refractivity contribution in [3.63, 3.8) is 0 Å². The normalized spacial score (nSPS) is 12.6. The molecule has 0 bridgehead atoms. The van der Waals surface area contributed by atoms with Gasteiger partial charge in [-0.2, -0.15) is 4.68 Å². The average Bonchev–Trinajstić information content (AvgIpc) is 3.22. The molecular formula is C17H15ClN4O2S. The topological polar surface area (TPSA) is 62.1 Å². The first kappa shape index (κ1) is 16.2. The van der Waals surface area contributed by atoms with Crippen LogP contribution in [-0.4, -0.2) is 27.0 Å². The fourth-order valence-electron chi connectivity index (χ4n) is 2.80. The Morgan fingerprint density at radius 1 is 1.20 bits per heavy atom. The first-order chi connectivity index (χ1) is 12.1. The predicted octanol–water partition coefficient (Wildman–Crippen LogP) is 3.95. The van der Waals surface area contributed by atoms with E-state index in [1.165, 1.54) is 0 Å². The molecule has 1 aliphatic rings. The van der Waals surface area contributed by atoms with E-state index in [4.69, 9.17) is 21.1 Å². The molecule has 8 heteroatoms. The lowest BCUT2D eigenvalue weighted by atomic mass is 10.1. The minimum atomic E-state index is 0.205. The van der Waals surface area contributed by atoms with Crippen molar-refractivity contribution in [3.8, 4) is 17.2 Å². The van der Waals surface area contributed by atoms with E-state index >= 15 is 0 Å². The molecule has 6 nitrogen and oxygen atoms in total. The maximum atomic E-state index is 6.24. The van der Waals surface area contributed by atoms with Crippen LogP contribution in [0.5, 0.6) is 11.5 Å². The summed E-state index contributed by atoms with van der Waals surface area (Å²) in [4.78, 5) is 0. The Morgan fingerprint density at radius 3 is 2.80 bits per heavy atom. The Kier molecular flexibility index (Phi) is 4.27. The minimum Gasteiger partial charge on any atom is -0.454 e. The lowest BCUT2D eigenvalue weighted by molar-refractivity contribution is 0.174. The van der Waals surface area contributed by atoms with Crippen LogP contribution in [0.2, 0.25) is 5.02 Å². The van der Waals surface area contributed by atoms with Crippen molar-refractivity contribution in [2.75, 3.05) is 6.79 Å². The quantitative estimate of drug-likeness (QED) is 0.644. The molecule has 0 radical (unpaired) electrons. The molecule has 1 aromatic heterocycles. The van der Waals surface area contributed by atoms with Crippen LogP contribution >= 0.6 is 23.4 Å². The lowest BCUT2D eigenvalue weighted by Gasteiger charge is -2.10. The summed E-state index contributed by atoms with van der Waals surface area (Å²) in [5, 5.41) is 13.4. The number of para-hydroxylation sites is 1. The van der Waals surface area contributed by atoms with E-state index in [1.54, 1.807) is 16.4 Å². The number of aromatic nitrogens is 4. The second-order valence-corrected chi connectivity index (χ2v) is 7.06. The van der Waals surface area contributed by atoms with Gasteiger partial charge in [-0.15, -0.1) is 5.10 Å². The van der Waals surface area contributed by atoms with Gasteiger partial charge in [-0.1, -0.05) is 41.6 Å². The van der Waals surface area contributed by atoms with E-state index in [0.717, 1.165) is 27.5 Å². The smallest absolute Gasteiger partial charge is 0.231 e. The van der Waals surface area contributed by atoms with Gasteiger partial charge in [-0.3, -0.25) is 0 Å². The number of fused-ring (bicyclic) bond motifs is 1. The van der Waals surface area contributed by atoms with E-state index in [9.17, 15) is 0 Å². The van der Waals surface area contributed by atoms with Gasteiger partial charge in [0.2, 0.25) is 11.9 Å². The largest absolute Gasteiger partial charge is 0.454 e. The molecule has 2 aromatic carbocycles. The molecule has 25 heavy (non-hydrogen) atoms. The Labute approximate surface area is 154 Å². The van der Waals surface area contributed by atoms with E-state index in [2.05, 4.69) is 41.5 Å². The summed E-state index contributed by atoms with van der Waals surface area (Å²) in [6, 6.07) is 9.95. The molecule has 0 aliphatic carbocycles. The monoisotopic (exact) mass is 374 g/mol. The van der Waals surface area contributed by atoms with Gasteiger partial charge in [0.05, 0.1) is 10.7 Å². The number of hydrogen-bond acceptors (Lipinski definition) is 6. The molecule has 1 aliphatic heterocycles. The highest BCUT2D eigenvalue weighted by Crippen LogP contribution is 2.40. The second-order valence-electron chi connectivity index (χ2n) is 5.71. The Balaban J connectivity index is 1.60. The molecule has 0 saturated carbocycles. The molecule has 0 amide bonds. The van der Waals surface area contributed by atoms with Gasteiger partial charge in [-0.05, 0) is 53.1 Å². The summed E-state index contributed by atoms with van der Waals surface area (Å²) in [6.45, 7) is 4.31. The highest BCUT2D eigenvalue weighted by atomic mass is 35.5. The lowest BCUT2D eigenvalue weighted by Crippen LogP contribution is -2.04. The van der Waals surface area contributed by atoms with E-state index in [0.29, 0.717) is 22.3 Å². The van der Waals surface area contributed by atoms with Crippen LogP contribution in [0, 0.1) is 13.8 Å². The Bertz CT molecular complexity index is 924. The third kappa shape index (κ3) is 3.05. The summed E-state index contributed by atoms with van der Waals surface area (Å²) in [5.74, 6) is 1.95. The number of nitrogens with zero attached hydrogens (tertiary/aromatic N) is 4. The van der Waals surface area contributed by atoms with Crippen molar-refractivity contribution in [1.82, 2.24) is 20.2 Å². The third-order valence-corrected chi connectivity index (χ3v) is 5.22. The molecule has 0 saturated heterocycles. The van der Waals surface area contributed by atoms with Gasteiger partial charge in [-0.25, -0.2) is 0 Å². The third-order valence-electron chi connectivity index (χ3n) is 3.95. The van der Waals surface area contributed by atoms with Crippen molar-refractivity contribution < 1.29 is 9.47 Å². The molecule has 4 rings (SSSR count). The van der Waals surface area contributed by atoms with Crippen LogP contribution in [0.25, 0.3) is 5.69 Å². The number of aryl methyl sites for hydroxylation is 2. The molecule has 0 N–H and O–H groups in total. The summed E-state index contributed by atoms with van der Waals surface area (Å²) < 4.78 is 12.5. The zero-order valence-electron chi connectivity index (χ0n) is 13.7. The van der Waals surface area contributed by atoms with Gasteiger partial charge in [0.25, 0.3) is 0 Å². The number of thioether (sulfide) groups is 1. The summed E-state index contributed by atoms with van der Waals surface area (Å²) in [7, 11) is 0. The van der Waals surface area contributed by atoms with E-state index in [-0.39, 0.29) is 6.79 Å². The fourth-order valence-corrected chi connectivity index (χ4v) is 3.90. The SMILES string of the molecule is Cc1cccc(C)c1-n1nnnc1SCc1cc(Cl)c2c(c1)OCO2. The number of halogens is 1. The van der Waals surface area contributed by atoms with E-state index in [1.807, 2.05) is 18.2 Å². The number of hydrogen-bond donors (Lipinski definition) is 0. The molecule has 2 heterocycles. The fraction of sp³-hybridized carbons (Fsp3) is 0.235. The minimum absolute atomic E-state index is 0.205. The first-order valence-corrected chi connectivity index (χ1v) is 9.05. The average molecular weight is 375 g/mol. The molecule has 3 aromatic rings. The van der Waals surface area contributed by atoms with Gasteiger partial charge in [0.15, 0.2) is 11.5 Å². The standard InChI is InChI=1S/C17H15ClN4O2S/c1-10-4-3-5-11(2)15(10)22-17(19-20-21-22)25-8-12-6-13(18)16-14(7-12)23-9-24-16/h3-7H,8-9H2,1-2H3. The zero-order valence-corrected chi connectivity index (χ0v) is 15.3. The number of rotatable bonds is 4. The van der Waals surface area contributed by atoms with Crippen molar-refractivity contribution in [1.29, 1.82) is 0 Å². The van der Waals surface area contributed by atoms with Crippen molar-refractivity contribution in [3.05, 3.63) is 52.0 Å². The summed E-state index contributed by atoms with van der Waals surface area (Å²) in [6.07, 6.45) is 0. The molecule has 0 fully saturated rings. The van der Waals surface area contributed by atoms with Crippen molar-refractivity contribution in [2.24, 2.45) is 0 Å². The highest BCUT2D eigenvalue weighted by molar-refractivity contribution is 7.98. The Hall–Kier alpha value is -2.25. The predicted molar refractivity (Wildman–Crippen MR) is 95.8 cm³/mol. The van der Waals surface area contributed by atoms with Crippen LogP contribution in [0.3, 0.4) is 0 Å². The zero-order chi connectivity index (χ0) is 17.4. The number of ether oxygens (including phenoxy) is 2. The van der Waals surface area contributed by atoms with Gasteiger partial charge in [0.1, 0.15) is 0 Å². The molecule has 0 unspecified atom stereocenters. The van der Waals surface area contributed by atoms with Gasteiger partial charge in [0, 0.05) is 5.75 Å². The van der Waals surface area contributed by atoms with Crippen LogP contribution in [-0.2, 0) is 5.75 Å². The second kappa shape index (κ2) is 6.57. The number of tetrazole rings is 1. The van der Waals surface area contributed by atoms with Crippen LogP contribution in [0.15, 0.2) is 35.5 Å². The molecule has 0 atom stereocenters. The maximum absolute atomic E-state index is 6.24. The molecular weight excluding hydrogens is 360 g/mol. The highest BCUT2D eigenvalue weighted by Gasteiger charge is 2.19. The van der Waals surface area contributed by atoms with Gasteiger partial charge >= 0.3 is 0 Å². The van der Waals surface area contributed by atoms with Crippen molar-refractivity contribution in [2.45, 2.75) is 24.8 Å². The molecule has 0 spiro atoms. The van der Waals surface area contributed by atoms with E-state index < -0.39 is 0 Å². The van der Waals surface area contributed by atoms with Crippen LogP contribution < -0.4 is 9.47 Å². The van der Waals surface area contributed by atoms with Crippen molar-refractivity contribution >= 4 is 23.4 Å². The summed E-state index contributed by atoms with van der Waals surface area (Å²) >= 11 is 7.79. The molecule has 128 valence electrons. The maximum Gasteiger partial charge on any atom is 0.231 e. The first-order valence-electron chi connectivity index (χ1n) is 7.69.